The Labute approximate surface area is 116 Å². The summed E-state index contributed by atoms with van der Waals surface area (Å²) < 4.78 is 0. The molecule has 2 N–H and O–H groups in total. The SMILES string of the molecule is CCC(C)(Nc1nc2ccccc2cc1C#N)C(=O)O. The molecule has 0 aliphatic rings. The van der Waals surface area contributed by atoms with Gasteiger partial charge in [0.25, 0.3) is 0 Å². The van der Waals surface area contributed by atoms with Gasteiger partial charge in [-0.2, -0.15) is 5.26 Å². The highest BCUT2D eigenvalue weighted by atomic mass is 16.4. The fourth-order valence-corrected chi connectivity index (χ4v) is 1.85. The van der Waals surface area contributed by atoms with Crippen LogP contribution in [0.5, 0.6) is 0 Å². The molecule has 0 amide bonds. The third kappa shape index (κ3) is 2.41. The van der Waals surface area contributed by atoms with E-state index in [2.05, 4.69) is 16.4 Å². The van der Waals surface area contributed by atoms with Crippen LogP contribution in [0.1, 0.15) is 25.8 Å². The molecule has 0 spiro atoms. The van der Waals surface area contributed by atoms with Crippen LogP contribution in [0.2, 0.25) is 0 Å². The lowest BCUT2D eigenvalue weighted by Gasteiger charge is -2.25. The van der Waals surface area contributed by atoms with E-state index in [1.165, 1.54) is 0 Å². The predicted octanol–water partition coefficient (Wildman–Crippen LogP) is 2.77. The van der Waals surface area contributed by atoms with Crippen LogP contribution in [0, 0.1) is 11.3 Å². The van der Waals surface area contributed by atoms with Crippen LogP contribution >= 0.6 is 0 Å². The van der Waals surface area contributed by atoms with Crippen molar-refractivity contribution in [3.05, 3.63) is 35.9 Å². The number of pyridine rings is 1. The van der Waals surface area contributed by atoms with Gasteiger partial charge in [-0.25, -0.2) is 9.78 Å². The number of para-hydroxylation sites is 1. The molecule has 102 valence electrons. The summed E-state index contributed by atoms with van der Waals surface area (Å²) in [5, 5.41) is 22.2. The minimum atomic E-state index is -1.15. The largest absolute Gasteiger partial charge is 0.480 e. The van der Waals surface area contributed by atoms with Crippen LogP contribution in [-0.2, 0) is 4.79 Å². The van der Waals surface area contributed by atoms with Crippen LogP contribution in [0.3, 0.4) is 0 Å². The van der Waals surface area contributed by atoms with Gasteiger partial charge < -0.3 is 10.4 Å². The number of carboxylic acids is 1. The number of carboxylic acid groups (broad SMARTS) is 1. The van der Waals surface area contributed by atoms with Crippen LogP contribution in [0.4, 0.5) is 5.82 Å². The van der Waals surface area contributed by atoms with Gasteiger partial charge in [0.15, 0.2) is 0 Å². The Balaban J connectivity index is 2.53. The molecule has 0 radical (unpaired) electrons. The predicted molar refractivity (Wildman–Crippen MR) is 76.4 cm³/mol. The number of benzene rings is 1. The van der Waals surface area contributed by atoms with Crippen molar-refractivity contribution < 1.29 is 9.90 Å². The normalized spacial score (nSPS) is 13.4. The number of hydrogen-bond acceptors (Lipinski definition) is 4. The zero-order chi connectivity index (χ0) is 14.8. The summed E-state index contributed by atoms with van der Waals surface area (Å²) in [7, 11) is 0. The Morgan fingerprint density at radius 1 is 1.50 bits per heavy atom. The van der Waals surface area contributed by atoms with Gasteiger partial charge in [0, 0.05) is 5.39 Å². The van der Waals surface area contributed by atoms with E-state index >= 15 is 0 Å². The molecular formula is C15H15N3O2. The van der Waals surface area contributed by atoms with E-state index in [-0.39, 0.29) is 0 Å². The molecule has 5 nitrogen and oxygen atoms in total. The first-order valence-corrected chi connectivity index (χ1v) is 6.31. The fraction of sp³-hybridized carbons (Fsp3) is 0.267. The van der Waals surface area contributed by atoms with Crippen LogP contribution in [-0.4, -0.2) is 21.6 Å². The zero-order valence-electron chi connectivity index (χ0n) is 11.3. The summed E-state index contributed by atoms with van der Waals surface area (Å²) in [4.78, 5) is 15.7. The van der Waals surface area contributed by atoms with E-state index in [0.29, 0.717) is 17.8 Å². The van der Waals surface area contributed by atoms with E-state index in [1.807, 2.05) is 24.3 Å². The monoisotopic (exact) mass is 269 g/mol. The Bertz CT molecular complexity index is 706. The molecule has 0 saturated carbocycles. The minimum absolute atomic E-state index is 0.304. The van der Waals surface area contributed by atoms with Crippen LogP contribution < -0.4 is 5.32 Å². The second-order valence-electron chi connectivity index (χ2n) is 4.80. The number of carbonyl (C=O) groups is 1. The Morgan fingerprint density at radius 2 is 2.20 bits per heavy atom. The van der Waals surface area contributed by atoms with E-state index in [0.717, 1.165) is 10.9 Å². The number of aliphatic carboxylic acids is 1. The molecular weight excluding hydrogens is 254 g/mol. The second kappa shape index (κ2) is 5.17. The highest BCUT2D eigenvalue weighted by molar-refractivity contribution is 5.86. The smallest absolute Gasteiger partial charge is 0.329 e. The summed E-state index contributed by atoms with van der Waals surface area (Å²) in [6.45, 7) is 3.35. The Hall–Kier alpha value is -2.61. The molecule has 1 atom stereocenters. The summed E-state index contributed by atoms with van der Waals surface area (Å²) in [5.74, 6) is -0.670. The molecule has 20 heavy (non-hydrogen) atoms. The number of anilines is 1. The standard InChI is InChI=1S/C15H15N3O2/c1-3-15(2,14(19)20)18-13-11(9-16)8-10-6-4-5-7-12(10)17-13/h4-8H,3H2,1-2H3,(H,17,18)(H,19,20). The van der Waals surface area contributed by atoms with Gasteiger partial charge in [0.1, 0.15) is 17.4 Å². The lowest BCUT2D eigenvalue weighted by atomic mass is 9.99. The number of nitriles is 1. The van der Waals surface area contributed by atoms with Crippen molar-refractivity contribution in [1.82, 2.24) is 4.98 Å². The van der Waals surface area contributed by atoms with Crippen molar-refractivity contribution in [3.8, 4) is 6.07 Å². The summed E-state index contributed by atoms with van der Waals surface area (Å²) in [6, 6.07) is 11.2. The minimum Gasteiger partial charge on any atom is -0.480 e. The van der Waals surface area contributed by atoms with Gasteiger partial charge in [-0.3, -0.25) is 0 Å². The molecule has 1 heterocycles. The maximum Gasteiger partial charge on any atom is 0.329 e. The number of hydrogen-bond donors (Lipinski definition) is 2. The summed E-state index contributed by atoms with van der Waals surface area (Å²) in [6.07, 6.45) is 0.377. The first kappa shape index (κ1) is 13.8. The summed E-state index contributed by atoms with van der Waals surface area (Å²) >= 11 is 0. The average molecular weight is 269 g/mol. The topological polar surface area (TPSA) is 86.0 Å². The van der Waals surface area contributed by atoms with E-state index in [4.69, 9.17) is 0 Å². The molecule has 5 heteroatoms. The van der Waals surface area contributed by atoms with Gasteiger partial charge in [0.2, 0.25) is 0 Å². The number of fused-ring (bicyclic) bond motifs is 1. The molecule has 1 aromatic carbocycles. The lowest BCUT2D eigenvalue weighted by Crippen LogP contribution is -2.43. The molecule has 2 rings (SSSR count). The molecule has 2 aromatic rings. The molecule has 1 aromatic heterocycles. The fourth-order valence-electron chi connectivity index (χ4n) is 1.85. The average Bonchev–Trinajstić information content (AvgIpc) is 2.46. The van der Waals surface area contributed by atoms with Gasteiger partial charge in [0.05, 0.1) is 11.1 Å². The Kier molecular flexibility index (Phi) is 3.57. The Morgan fingerprint density at radius 3 is 2.80 bits per heavy atom. The molecule has 0 saturated heterocycles. The van der Waals surface area contributed by atoms with Gasteiger partial charge in [-0.1, -0.05) is 25.1 Å². The maximum absolute atomic E-state index is 11.3. The first-order valence-electron chi connectivity index (χ1n) is 6.31. The molecule has 0 fully saturated rings. The summed E-state index contributed by atoms with van der Waals surface area (Å²) in [5.41, 5.74) is -0.0939. The highest BCUT2D eigenvalue weighted by Crippen LogP contribution is 2.24. The van der Waals surface area contributed by atoms with Gasteiger partial charge in [-0.15, -0.1) is 0 Å². The molecule has 1 unspecified atom stereocenters. The lowest BCUT2D eigenvalue weighted by molar-refractivity contribution is -0.141. The van der Waals surface area contributed by atoms with Crippen molar-refractivity contribution in [2.75, 3.05) is 5.32 Å². The van der Waals surface area contributed by atoms with E-state index in [1.54, 1.807) is 19.9 Å². The van der Waals surface area contributed by atoms with E-state index in [9.17, 15) is 15.2 Å². The molecule has 0 aliphatic heterocycles. The third-order valence-corrected chi connectivity index (χ3v) is 3.42. The number of nitrogens with zero attached hydrogens (tertiary/aromatic N) is 2. The third-order valence-electron chi connectivity index (χ3n) is 3.42. The maximum atomic E-state index is 11.3. The van der Waals surface area contributed by atoms with Crippen molar-refractivity contribution >= 4 is 22.7 Å². The number of aromatic nitrogens is 1. The van der Waals surface area contributed by atoms with Crippen LogP contribution in [0.15, 0.2) is 30.3 Å². The highest BCUT2D eigenvalue weighted by Gasteiger charge is 2.32. The quantitative estimate of drug-likeness (QED) is 0.891. The van der Waals surface area contributed by atoms with Crippen molar-refractivity contribution in [2.45, 2.75) is 25.8 Å². The van der Waals surface area contributed by atoms with Crippen molar-refractivity contribution in [3.63, 3.8) is 0 Å². The van der Waals surface area contributed by atoms with Crippen LogP contribution in [0.25, 0.3) is 10.9 Å². The molecule has 0 aliphatic carbocycles. The molecule has 0 bridgehead atoms. The van der Waals surface area contributed by atoms with Crippen molar-refractivity contribution in [2.24, 2.45) is 0 Å². The van der Waals surface area contributed by atoms with Crippen molar-refractivity contribution in [1.29, 1.82) is 5.26 Å². The zero-order valence-corrected chi connectivity index (χ0v) is 11.3. The van der Waals surface area contributed by atoms with Gasteiger partial charge in [-0.05, 0) is 25.5 Å². The van der Waals surface area contributed by atoms with Gasteiger partial charge >= 0.3 is 5.97 Å². The van der Waals surface area contributed by atoms with E-state index < -0.39 is 11.5 Å². The second-order valence-corrected chi connectivity index (χ2v) is 4.80. The first-order chi connectivity index (χ1) is 9.50. The number of rotatable bonds is 4. The number of nitrogens with one attached hydrogen (secondary N) is 1.